The molecule has 4 aromatic rings. The third-order valence-corrected chi connectivity index (χ3v) is 11.3. The fraction of sp³-hybridized carbons (Fsp3) is 0.432. The van der Waals surface area contributed by atoms with Crippen LogP contribution in [0.25, 0.3) is 0 Å². The highest BCUT2D eigenvalue weighted by Gasteiger charge is 2.41. The maximum absolute atomic E-state index is 14.4. The van der Waals surface area contributed by atoms with Crippen molar-refractivity contribution >= 4 is 41.2 Å². The molecule has 19 heteroatoms. The highest BCUT2D eigenvalue weighted by molar-refractivity contribution is 5.97. The molecule has 0 spiro atoms. The van der Waals surface area contributed by atoms with Gasteiger partial charge in [-0.05, 0) is 47.9 Å². The normalized spacial score (nSPS) is 16.6. The maximum atomic E-state index is 14.4. The van der Waals surface area contributed by atoms with Crippen LogP contribution in [0.1, 0.15) is 63.8 Å². The zero-order valence-electron chi connectivity index (χ0n) is 35.4. The van der Waals surface area contributed by atoms with Crippen LogP contribution in [0.15, 0.2) is 76.7 Å². The number of aliphatic carboxylic acids is 1. The molecule has 1 aliphatic rings. The number of imidazole rings is 1. The van der Waals surface area contributed by atoms with Crippen LogP contribution in [0.2, 0.25) is 0 Å². The highest BCUT2D eigenvalue weighted by atomic mass is 16.4. The number of carbonyl (C=O) groups excluding carboxylic acids is 5. The zero-order chi connectivity index (χ0) is 46.0. The van der Waals surface area contributed by atoms with Gasteiger partial charge in [-0.1, -0.05) is 76.6 Å². The lowest BCUT2D eigenvalue weighted by molar-refractivity contribution is -0.145. The first-order valence-corrected chi connectivity index (χ1v) is 20.8. The molecular formula is C44H54N8O11. The number of carboxylic acid groups (broad SMARTS) is 1. The molecule has 5 rings (SSSR count). The minimum Gasteiger partial charge on any atom is -0.508 e. The Hall–Kier alpha value is -7.05. The number of phenols is 1. The van der Waals surface area contributed by atoms with Gasteiger partial charge in [0, 0.05) is 37.7 Å². The average Bonchev–Trinajstić information content (AvgIpc) is 3.98. The van der Waals surface area contributed by atoms with Crippen LogP contribution in [0.3, 0.4) is 0 Å². The number of hydrogen-bond acceptors (Lipinski definition) is 12. The molecule has 1 aliphatic heterocycles. The minimum absolute atomic E-state index is 0.0183. The van der Waals surface area contributed by atoms with Gasteiger partial charge in [-0.15, -0.1) is 0 Å². The number of aromatic amines is 1. The van der Waals surface area contributed by atoms with Gasteiger partial charge >= 0.3 is 5.97 Å². The van der Waals surface area contributed by atoms with Gasteiger partial charge < -0.3 is 51.8 Å². The number of benzene rings is 2. The summed E-state index contributed by atoms with van der Waals surface area (Å²) in [6.45, 7) is 6.96. The Kier molecular flexibility index (Phi) is 15.8. The van der Waals surface area contributed by atoms with Gasteiger partial charge in [-0.25, -0.2) is 9.78 Å². The molecular weight excluding hydrogens is 817 g/mol. The van der Waals surface area contributed by atoms with Crippen molar-refractivity contribution in [3.8, 4) is 11.5 Å². The predicted octanol–water partition coefficient (Wildman–Crippen LogP) is 0.642. The Bertz CT molecular complexity index is 2310. The van der Waals surface area contributed by atoms with E-state index in [0.717, 1.165) is 0 Å². The molecule has 3 aromatic carbocycles. The van der Waals surface area contributed by atoms with Crippen molar-refractivity contribution < 1.29 is 44.1 Å². The summed E-state index contributed by atoms with van der Waals surface area (Å²) in [7, 11) is 0. The van der Waals surface area contributed by atoms with E-state index in [1.165, 1.54) is 29.6 Å². The molecule has 1 fully saturated rings. The Balaban J connectivity index is 1.36. The molecule has 9 N–H and O–H groups in total. The Morgan fingerprint density at radius 1 is 0.778 bits per heavy atom. The second-order valence-electron chi connectivity index (χ2n) is 16.2. The fourth-order valence-corrected chi connectivity index (χ4v) is 7.40. The summed E-state index contributed by atoms with van der Waals surface area (Å²) in [5.41, 5.74) is -0.813. The van der Waals surface area contributed by atoms with E-state index in [9.17, 15) is 53.7 Å². The number of H-pyrrole nitrogens is 1. The molecule has 7 unspecified atom stereocenters. The number of aromatic hydroxyl groups is 2. The van der Waals surface area contributed by atoms with Crippen molar-refractivity contribution in [2.45, 2.75) is 102 Å². The monoisotopic (exact) mass is 870 g/mol. The van der Waals surface area contributed by atoms with Crippen LogP contribution in [0, 0.1) is 11.8 Å². The smallest absolute Gasteiger partial charge is 0.326 e. The van der Waals surface area contributed by atoms with Gasteiger partial charge in [-0.3, -0.25) is 33.6 Å². The van der Waals surface area contributed by atoms with Gasteiger partial charge in [0.15, 0.2) is 5.75 Å². The number of likely N-dealkylation sites (tertiary alicyclic amines) is 1. The summed E-state index contributed by atoms with van der Waals surface area (Å²) in [4.78, 5) is 115. The van der Waals surface area contributed by atoms with Gasteiger partial charge in [0.25, 0.3) is 10.9 Å². The van der Waals surface area contributed by atoms with Crippen LogP contribution in [-0.2, 0) is 48.0 Å². The van der Waals surface area contributed by atoms with E-state index in [0.29, 0.717) is 29.7 Å². The van der Waals surface area contributed by atoms with E-state index in [1.54, 1.807) is 70.2 Å². The summed E-state index contributed by atoms with van der Waals surface area (Å²) in [5, 5.41) is 43.2. The van der Waals surface area contributed by atoms with Crippen molar-refractivity contribution in [2.24, 2.45) is 11.8 Å². The predicted molar refractivity (Wildman–Crippen MR) is 229 cm³/mol. The van der Waals surface area contributed by atoms with Gasteiger partial charge in [-0.2, -0.15) is 0 Å². The molecule has 19 nitrogen and oxygen atoms in total. The molecule has 63 heavy (non-hydrogen) atoms. The quantitative estimate of drug-likeness (QED) is 0.0521. The second-order valence-corrected chi connectivity index (χ2v) is 16.2. The molecule has 0 radical (unpaired) electrons. The lowest BCUT2D eigenvalue weighted by atomic mass is 9.96. The summed E-state index contributed by atoms with van der Waals surface area (Å²) in [6, 6.07) is 7.32. The van der Waals surface area contributed by atoms with Gasteiger partial charge in [0.1, 0.15) is 47.7 Å². The standard InChI is InChI=1S/C44H54N8O11/c1-5-24(4)34(51-39(57)29(18-26-13-15-28(53)16-14-26)47-41(59)33(23(2)3)50-35-36(54)38(56)37(35)55)42(60)48-30(20-27-21-45-22-46-27)43(61)52-17-9-12-32(52)40(58)49-31(44(62)63)19-25-10-7-6-8-11-25/h6-8,10-11,13-16,21-24,29-34,50,53-54H,5,9,12,17-20H2,1-4H3,(H,45,46)(H,47,59)(H,48,60)(H,49,58)(H,51,57)(H,62,63). The van der Waals surface area contributed by atoms with E-state index >= 15 is 0 Å². The van der Waals surface area contributed by atoms with Crippen LogP contribution < -0.4 is 37.4 Å². The number of carbonyl (C=O) groups is 6. The van der Waals surface area contributed by atoms with Crippen LogP contribution in [0.4, 0.5) is 5.69 Å². The number of hydrogen-bond donors (Lipinski definition) is 9. The topological polar surface area (TPSA) is 289 Å². The lowest BCUT2D eigenvalue weighted by Crippen LogP contribution is -2.61. The van der Waals surface area contributed by atoms with Gasteiger partial charge in [0.2, 0.25) is 29.5 Å². The molecule has 1 saturated heterocycles. The minimum atomic E-state index is -1.34. The van der Waals surface area contributed by atoms with Gasteiger partial charge in [0.05, 0.1) is 6.33 Å². The molecule has 0 aliphatic carbocycles. The first kappa shape index (κ1) is 47.0. The average molecular weight is 871 g/mol. The molecule has 1 aromatic heterocycles. The van der Waals surface area contributed by atoms with E-state index in [4.69, 9.17) is 0 Å². The van der Waals surface area contributed by atoms with E-state index in [2.05, 4.69) is 36.6 Å². The number of carboxylic acids is 1. The van der Waals surface area contributed by atoms with Crippen LogP contribution in [-0.4, -0.2) is 108 Å². The number of phenolic OH excluding ortho intramolecular Hbond substituents is 1. The fourth-order valence-electron chi connectivity index (χ4n) is 7.40. The molecule has 0 bridgehead atoms. The number of nitrogens with one attached hydrogen (secondary N) is 6. The number of rotatable bonds is 21. The number of anilines is 1. The first-order chi connectivity index (χ1) is 30.0. The number of nitrogens with zero attached hydrogens (tertiary/aromatic N) is 2. The van der Waals surface area contributed by atoms with Crippen molar-refractivity contribution in [2.75, 3.05) is 11.9 Å². The molecule has 336 valence electrons. The highest BCUT2D eigenvalue weighted by Crippen LogP contribution is 2.22. The third-order valence-electron chi connectivity index (χ3n) is 11.3. The molecule has 2 heterocycles. The van der Waals surface area contributed by atoms with Crippen LogP contribution in [0.5, 0.6) is 11.5 Å². The van der Waals surface area contributed by atoms with E-state index in [-0.39, 0.29) is 38.0 Å². The Labute approximate surface area is 362 Å². The van der Waals surface area contributed by atoms with E-state index < -0.39 is 106 Å². The SMILES string of the molecule is CCC(C)C(NC(=O)C(Cc1ccc(O)cc1)NC(=O)C(Nc1c(O)c(=O)c1=O)C(C)C)C(=O)NC(Cc1cnc[nH]1)C(=O)N1CCCC1C(=O)NC(Cc1ccccc1)C(=O)O. The maximum Gasteiger partial charge on any atom is 0.326 e. The Morgan fingerprint density at radius 2 is 1.41 bits per heavy atom. The lowest BCUT2D eigenvalue weighted by Gasteiger charge is -2.32. The van der Waals surface area contributed by atoms with Crippen LogP contribution >= 0.6 is 0 Å². The molecule has 7 atom stereocenters. The van der Waals surface area contributed by atoms with Crippen molar-refractivity contribution in [1.82, 2.24) is 36.1 Å². The van der Waals surface area contributed by atoms with Crippen molar-refractivity contribution in [1.29, 1.82) is 0 Å². The summed E-state index contributed by atoms with van der Waals surface area (Å²) in [5.74, 6) is -6.67. The van der Waals surface area contributed by atoms with Crippen molar-refractivity contribution in [3.05, 3.63) is 104 Å². The first-order valence-electron chi connectivity index (χ1n) is 20.8. The third kappa shape index (κ3) is 11.9. The molecule has 5 amide bonds. The second kappa shape index (κ2) is 21.2. The Morgan fingerprint density at radius 3 is 2.02 bits per heavy atom. The summed E-state index contributed by atoms with van der Waals surface area (Å²) >= 11 is 0. The van der Waals surface area contributed by atoms with Crippen molar-refractivity contribution in [3.63, 3.8) is 0 Å². The summed E-state index contributed by atoms with van der Waals surface area (Å²) in [6.07, 6.45) is 3.77. The summed E-state index contributed by atoms with van der Waals surface area (Å²) < 4.78 is 0. The number of amides is 5. The number of aromatic nitrogens is 2. The zero-order valence-corrected chi connectivity index (χ0v) is 35.4. The molecule has 0 saturated carbocycles. The van der Waals surface area contributed by atoms with E-state index in [1.807, 2.05) is 0 Å². The largest absolute Gasteiger partial charge is 0.508 e.